The van der Waals surface area contributed by atoms with Crippen molar-refractivity contribution in [3.05, 3.63) is 11.1 Å². The van der Waals surface area contributed by atoms with Crippen molar-refractivity contribution in [2.75, 3.05) is 13.1 Å². The summed E-state index contributed by atoms with van der Waals surface area (Å²) in [6.07, 6.45) is 2.07. The van der Waals surface area contributed by atoms with E-state index in [2.05, 4.69) is 0 Å². The van der Waals surface area contributed by atoms with Gasteiger partial charge in [0.1, 0.15) is 0 Å². The summed E-state index contributed by atoms with van der Waals surface area (Å²) in [7, 11) is 0. The number of piperidine rings is 1. The maximum absolute atomic E-state index is 11.9. The summed E-state index contributed by atoms with van der Waals surface area (Å²) in [4.78, 5) is 13.8. The van der Waals surface area contributed by atoms with Crippen LogP contribution in [-0.2, 0) is 4.79 Å². The molecule has 0 aliphatic carbocycles. The second kappa shape index (κ2) is 6.13. The van der Waals surface area contributed by atoms with Crippen LogP contribution in [0, 0.1) is 0 Å². The van der Waals surface area contributed by atoms with Crippen LogP contribution >= 0.6 is 12.4 Å². The molecule has 0 aromatic carbocycles. The quantitative estimate of drug-likeness (QED) is 0.700. The molecule has 1 heterocycles. The number of nitrogens with two attached hydrogens (primary N) is 1. The molecule has 1 atom stereocenters. The first-order valence-corrected chi connectivity index (χ1v) is 5.21. The number of amides is 1. The van der Waals surface area contributed by atoms with Crippen molar-refractivity contribution in [1.29, 1.82) is 0 Å². The molecule has 1 aliphatic heterocycles. The van der Waals surface area contributed by atoms with E-state index in [-0.39, 0.29) is 24.4 Å². The SMILES string of the molecule is CC(C)=C(C)C(=O)N1CCCC(N)C1.Cl. The van der Waals surface area contributed by atoms with Gasteiger partial charge in [-0.25, -0.2) is 0 Å². The molecule has 88 valence electrons. The molecule has 0 spiro atoms. The third kappa shape index (κ3) is 3.84. The van der Waals surface area contributed by atoms with Crippen LogP contribution in [-0.4, -0.2) is 29.9 Å². The fourth-order valence-electron chi connectivity index (χ4n) is 1.65. The lowest BCUT2D eigenvalue weighted by molar-refractivity contribution is -0.128. The highest BCUT2D eigenvalue weighted by Gasteiger charge is 2.22. The number of carbonyl (C=O) groups excluding carboxylic acids is 1. The van der Waals surface area contributed by atoms with Gasteiger partial charge in [0.15, 0.2) is 0 Å². The summed E-state index contributed by atoms with van der Waals surface area (Å²) in [6, 6.07) is 0.165. The van der Waals surface area contributed by atoms with Gasteiger partial charge in [0.2, 0.25) is 5.91 Å². The van der Waals surface area contributed by atoms with Crippen LogP contribution in [0.4, 0.5) is 0 Å². The van der Waals surface area contributed by atoms with Crippen LogP contribution in [0.3, 0.4) is 0 Å². The zero-order valence-corrected chi connectivity index (χ0v) is 10.6. The first kappa shape index (κ1) is 14.5. The minimum absolute atomic E-state index is 0. The van der Waals surface area contributed by atoms with Gasteiger partial charge >= 0.3 is 0 Å². The Labute approximate surface area is 98.1 Å². The predicted octanol–water partition coefficient (Wildman–Crippen LogP) is 1.71. The van der Waals surface area contributed by atoms with Crippen molar-refractivity contribution in [2.45, 2.75) is 39.7 Å². The highest BCUT2D eigenvalue weighted by molar-refractivity contribution is 5.93. The Balaban J connectivity index is 0.00000196. The molecule has 1 amide bonds. The van der Waals surface area contributed by atoms with Crippen molar-refractivity contribution < 1.29 is 4.79 Å². The minimum atomic E-state index is 0. The molecule has 0 aromatic rings. The zero-order chi connectivity index (χ0) is 10.7. The number of halogens is 1. The number of allylic oxidation sites excluding steroid dienone is 1. The first-order valence-electron chi connectivity index (χ1n) is 5.21. The molecule has 1 aliphatic rings. The number of hydrogen-bond acceptors (Lipinski definition) is 2. The summed E-state index contributed by atoms with van der Waals surface area (Å²) in [6.45, 7) is 7.40. The van der Waals surface area contributed by atoms with Gasteiger partial charge in [0.05, 0.1) is 0 Å². The second-order valence-corrected chi connectivity index (χ2v) is 4.28. The molecule has 1 saturated heterocycles. The predicted molar refractivity (Wildman–Crippen MR) is 65.1 cm³/mol. The molecular formula is C11H21ClN2O. The minimum Gasteiger partial charge on any atom is -0.337 e. The number of hydrogen-bond donors (Lipinski definition) is 1. The van der Waals surface area contributed by atoms with Crippen LogP contribution in [0.5, 0.6) is 0 Å². The number of rotatable bonds is 1. The third-order valence-electron chi connectivity index (χ3n) is 2.82. The maximum atomic E-state index is 11.9. The van der Waals surface area contributed by atoms with Crippen molar-refractivity contribution in [3.8, 4) is 0 Å². The molecule has 15 heavy (non-hydrogen) atoms. The van der Waals surface area contributed by atoms with Crippen LogP contribution in [0.1, 0.15) is 33.6 Å². The van der Waals surface area contributed by atoms with Gasteiger partial charge in [-0.3, -0.25) is 4.79 Å². The van der Waals surface area contributed by atoms with E-state index in [1.165, 1.54) is 0 Å². The van der Waals surface area contributed by atoms with E-state index < -0.39 is 0 Å². The molecular weight excluding hydrogens is 212 g/mol. The summed E-state index contributed by atoms with van der Waals surface area (Å²) < 4.78 is 0. The van der Waals surface area contributed by atoms with Crippen molar-refractivity contribution >= 4 is 18.3 Å². The van der Waals surface area contributed by atoms with E-state index in [1.807, 2.05) is 25.7 Å². The molecule has 1 unspecified atom stereocenters. The lowest BCUT2D eigenvalue weighted by Crippen LogP contribution is -2.46. The summed E-state index contributed by atoms with van der Waals surface area (Å²) >= 11 is 0. The Bertz CT molecular complexity index is 259. The van der Waals surface area contributed by atoms with Crippen molar-refractivity contribution in [1.82, 2.24) is 4.90 Å². The Hall–Kier alpha value is -0.540. The van der Waals surface area contributed by atoms with Crippen molar-refractivity contribution in [2.24, 2.45) is 5.73 Å². The zero-order valence-electron chi connectivity index (χ0n) is 9.75. The fraction of sp³-hybridized carbons (Fsp3) is 0.727. The molecule has 1 rings (SSSR count). The molecule has 4 heteroatoms. The van der Waals surface area contributed by atoms with Gasteiger partial charge in [0, 0.05) is 24.7 Å². The molecule has 0 saturated carbocycles. The lowest BCUT2D eigenvalue weighted by atomic mass is 10.0. The molecule has 2 N–H and O–H groups in total. The Morgan fingerprint density at radius 1 is 1.33 bits per heavy atom. The van der Waals surface area contributed by atoms with Crippen LogP contribution in [0.2, 0.25) is 0 Å². The Morgan fingerprint density at radius 2 is 1.93 bits per heavy atom. The van der Waals surface area contributed by atoms with Gasteiger partial charge in [-0.1, -0.05) is 5.57 Å². The maximum Gasteiger partial charge on any atom is 0.249 e. The van der Waals surface area contributed by atoms with E-state index in [1.54, 1.807) is 0 Å². The highest BCUT2D eigenvalue weighted by atomic mass is 35.5. The second-order valence-electron chi connectivity index (χ2n) is 4.28. The lowest BCUT2D eigenvalue weighted by Gasteiger charge is -2.31. The van der Waals surface area contributed by atoms with Gasteiger partial charge in [-0.15, -0.1) is 12.4 Å². The topological polar surface area (TPSA) is 46.3 Å². The van der Waals surface area contributed by atoms with Gasteiger partial charge in [-0.2, -0.15) is 0 Å². The first-order chi connectivity index (χ1) is 6.52. The number of likely N-dealkylation sites (tertiary alicyclic amines) is 1. The summed E-state index contributed by atoms with van der Waals surface area (Å²) in [5.74, 6) is 0.153. The van der Waals surface area contributed by atoms with E-state index >= 15 is 0 Å². The normalized spacial score (nSPS) is 20.5. The average Bonchev–Trinajstić information content (AvgIpc) is 2.15. The molecule has 0 bridgehead atoms. The van der Waals surface area contributed by atoms with Gasteiger partial charge in [0.25, 0.3) is 0 Å². The monoisotopic (exact) mass is 232 g/mol. The number of carbonyl (C=O) groups is 1. The molecule has 1 fully saturated rings. The van der Waals surface area contributed by atoms with Crippen LogP contribution < -0.4 is 5.73 Å². The highest BCUT2D eigenvalue weighted by Crippen LogP contribution is 2.13. The average molecular weight is 233 g/mol. The van der Waals surface area contributed by atoms with E-state index in [9.17, 15) is 4.79 Å². The van der Waals surface area contributed by atoms with Gasteiger partial charge in [-0.05, 0) is 33.6 Å². The molecule has 3 nitrogen and oxygen atoms in total. The third-order valence-corrected chi connectivity index (χ3v) is 2.82. The molecule has 0 aromatic heterocycles. The number of nitrogens with zero attached hydrogens (tertiary/aromatic N) is 1. The van der Waals surface area contributed by atoms with Crippen LogP contribution in [0.15, 0.2) is 11.1 Å². The Morgan fingerprint density at radius 3 is 2.40 bits per heavy atom. The van der Waals surface area contributed by atoms with E-state index in [4.69, 9.17) is 5.73 Å². The van der Waals surface area contributed by atoms with E-state index in [0.29, 0.717) is 6.54 Å². The van der Waals surface area contributed by atoms with Crippen molar-refractivity contribution in [3.63, 3.8) is 0 Å². The molecule has 0 radical (unpaired) electrons. The summed E-state index contributed by atoms with van der Waals surface area (Å²) in [5.41, 5.74) is 7.78. The smallest absolute Gasteiger partial charge is 0.249 e. The van der Waals surface area contributed by atoms with Gasteiger partial charge < -0.3 is 10.6 Å². The standard InChI is InChI=1S/C11H20N2O.ClH/c1-8(2)9(3)11(14)13-6-4-5-10(12)7-13;/h10H,4-7,12H2,1-3H3;1H. The van der Waals surface area contributed by atoms with Crippen LogP contribution in [0.25, 0.3) is 0 Å². The Kier molecular flexibility index (Phi) is 5.91. The summed E-state index contributed by atoms with van der Waals surface area (Å²) in [5, 5.41) is 0. The fourth-order valence-corrected chi connectivity index (χ4v) is 1.65. The largest absolute Gasteiger partial charge is 0.337 e. The van der Waals surface area contributed by atoms with E-state index in [0.717, 1.165) is 30.5 Å².